The largest absolute Gasteiger partial charge is 0.494 e. The highest BCUT2D eigenvalue weighted by atomic mass is 32.2. The fraction of sp³-hybridized carbons (Fsp3) is 0.552. The predicted molar refractivity (Wildman–Crippen MR) is 142 cm³/mol. The van der Waals surface area contributed by atoms with Crippen LogP contribution in [0.3, 0.4) is 0 Å². The van der Waals surface area contributed by atoms with Gasteiger partial charge in [-0.05, 0) is 48.4 Å². The smallest absolute Gasteiger partial charge is 0.335 e. The molecule has 1 N–H and O–H groups in total. The highest BCUT2D eigenvalue weighted by molar-refractivity contribution is 7.98. The topological polar surface area (TPSA) is 46.5 Å². The van der Waals surface area contributed by atoms with Crippen molar-refractivity contribution in [2.45, 2.75) is 89.2 Å². The van der Waals surface area contributed by atoms with Crippen molar-refractivity contribution >= 4 is 17.7 Å². The van der Waals surface area contributed by atoms with Crippen molar-refractivity contribution in [3.05, 3.63) is 65.7 Å². The van der Waals surface area contributed by atoms with Gasteiger partial charge in [-0.2, -0.15) is 11.8 Å². The Morgan fingerprint density at radius 2 is 1.18 bits per heavy atom. The zero-order valence-electron chi connectivity index (χ0n) is 20.2. The first kappa shape index (κ1) is 27.3. The van der Waals surface area contributed by atoms with Crippen molar-refractivity contribution in [2.75, 3.05) is 12.4 Å². The van der Waals surface area contributed by atoms with E-state index in [-0.39, 0.29) is 0 Å². The van der Waals surface area contributed by atoms with Crippen LogP contribution in [0.25, 0.3) is 0 Å². The van der Waals surface area contributed by atoms with E-state index in [2.05, 4.69) is 42.1 Å². The SMILES string of the molecule is O=C(O)c1ccc(OCCCCCCCCCCCCCCCSCc2ccccc2)cc1. The summed E-state index contributed by atoms with van der Waals surface area (Å²) in [6.07, 6.45) is 17.4. The van der Waals surface area contributed by atoms with Gasteiger partial charge in [-0.15, -0.1) is 0 Å². The fourth-order valence-electron chi connectivity index (χ4n) is 3.90. The van der Waals surface area contributed by atoms with Gasteiger partial charge in [-0.1, -0.05) is 101 Å². The number of rotatable bonds is 20. The minimum atomic E-state index is -0.901. The first-order valence-corrected chi connectivity index (χ1v) is 14.0. The maximum atomic E-state index is 10.8. The van der Waals surface area contributed by atoms with E-state index in [4.69, 9.17) is 9.84 Å². The first-order chi connectivity index (χ1) is 16.3. The number of aromatic carboxylic acids is 1. The molecule has 0 saturated heterocycles. The van der Waals surface area contributed by atoms with Crippen LogP contribution in [0.1, 0.15) is 99.4 Å². The average Bonchev–Trinajstić information content (AvgIpc) is 2.84. The zero-order valence-corrected chi connectivity index (χ0v) is 21.0. The van der Waals surface area contributed by atoms with E-state index in [9.17, 15) is 4.79 Å². The van der Waals surface area contributed by atoms with Crippen LogP contribution in [-0.2, 0) is 5.75 Å². The molecule has 0 unspecified atom stereocenters. The predicted octanol–water partition coefficient (Wildman–Crippen LogP) is 8.77. The maximum Gasteiger partial charge on any atom is 0.335 e. The Morgan fingerprint density at radius 1 is 0.667 bits per heavy atom. The molecule has 0 radical (unpaired) electrons. The Balaban J connectivity index is 1.26. The Kier molecular flexibility index (Phi) is 15.3. The van der Waals surface area contributed by atoms with E-state index in [1.165, 1.54) is 88.4 Å². The molecule has 4 heteroatoms. The molecule has 0 heterocycles. The summed E-state index contributed by atoms with van der Waals surface area (Å²) < 4.78 is 5.68. The number of carbonyl (C=O) groups is 1. The molecule has 0 bridgehead atoms. The van der Waals surface area contributed by atoms with Gasteiger partial charge in [-0.25, -0.2) is 4.79 Å². The molecule has 182 valence electrons. The Hall–Kier alpha value is -1.94. The molecule has 3 nitrogen and oxygen atoms in total. The van der Waals surface area contributed by atoms with Gasteiger partial charge in [0.1, 0.15) is 5.75 Å². The van der Waals surface area contributed by atoms with Gasteiger partial charge in [0.2, 0.25) is 0 Å². The number of unbranched alkanes of at least 4 members (excludes halogenated alkanes) is 12. The van der Waals surface area contributed by atoms with E-state index >= 15 is 0 Å². The third-order valence-corrected chi connectivity index (χ3v) is 7.03. The second-order valence-corrected chi connectivity index (χ2v) is 9.92. The molecule has 33 heavy (non-hydrogen) atoms. The van der Waals surface area contributed by atoms with E-state index in [0.717, 1.165) is 17.9 Å². The van der Waals surface area contributed by atoms with Crippen LogP contribution in [0.5, 0.6) is 5.75 Å². The fourth-order valence-corrected chi connectivity index (χ4v) is 4.88. The summed E-state index contributed by atoms with van der Waals surface area (Å²) in [6.45, 7) is 0.706. The normalized spacial score (nSPS) is 10.9. The Bertz CT molecular complexity index is 730. The number of carboxylic acids is 1. The van der Waals surface area contributed by atoms with Crippen molar-refractivity contribution in [3.8, 4) is 5.75 Å². The van der Waals surface area contributed by atoms with Crippen molar-refractivity contribution in [1.82, 2.24) is 0 Å². The van der Waals surface area contributed by atoms with E-state index in [1.54, 1.807) is 24.3 Å². The molecule has 0 aromatic heterocycles. The molecule has 2 aromatic rings. The average molecular weight is 471 g/mol. The van der Waals surface area contributed by atoms with Crippen LogP contribution < -0.4 is 4.74 Å². The van der Waals surface area contributed by atoms with E-state index in [0.29, 0.717) is 12.2 Å². The van der Waals surface area contributed by atoms with Crippen molar-refractivity contribution in [1.29, 1.82) is 0 Å². The van der Waals surface area contributed by atoms with Crippen LogP contribution in [0.15, 0.2) is 54.6 Å². The summed E-state index contributed by atoms with van der Waals surface area (Å²) in [7, 11) is 0. The minimum absolute atomic E-state index is 0.298. The minimum Gasteiger partial charge on any atom is -0.494 e. The first-order valence-electron chi connectivity index (χ1n) is 12.8. The summed E-state index contributed by atoms with van der Waals surface area (Å²) in [5.41, 5.74) is 1.74. The molecule has 0 saturated carbocycles. The third-order valence-electron chi connectivity index (χ3n) is 5.91. The molecule has 0 atom stereocenters. The second kappa shape index (κ2) is 18.5. The number of carboxylic acid groups (broad SMARTS) is 1. The van der Waals surface area contributed by atoms with E-state index < -0.39 is 5.97 Å². The Labute approximate surface area is 205 Å². The lowest BCUT2D eigenvalue weighted by atomic mass is 10.0. The Morgan fingerprint density at radius 3 is 1.73 bits per heavy atom. The van der Waals surface area contributed by atoms with Crippen LogP contribution in [0.2, 0.25) is 0 Å². The lowest BCUT2D eigenvalue weighted by molar-refractivity contribution is 0.0697. The lowest BCUT2D eigenvalue weighted by Crippen LogP contribution is -1.99. The van der Waals surface area contributed by atoms with Crippen LogP contribution in [-0.4, -0.2) is 23.4 Å². The zero-order chi connectivity index (χ0) is 23.4. The number of hydrogen-bond donors (Lipinski definition) is 1. The molecular weight excluding hydrogens is 428 g/mol. The van der Waals surface area contributed by atoms with Crippen molar-refractivity contribution in [2.24, 2.45) is 0 Å². The molecule has 2 rings (SSSR count). The number of ether oxygens (including phenoxy) is 1. The number of thioether (sulfide) groups is 1. The molecular formula is C29H42O3S. The second-order valence-electron chi connectivity index (χ2n) is 8.81. The molecule has 2 aromatic carbocycles. The van der Waals surface area contributed by atoms with Gasteiger partial charge in [0, 0.05) is 5.75 Å². The van der Waals surface area contributed by atoms with Gasteiger partial charge >= 0.3 is 5.97 Å². The monoisotopic (exact) mass is 470 g/mol. The van der Waals surface area contributed by atoms with Crippen LogP contribution >= 0.6 is 11.8 Å². The molecule has 0 aliphatic carbocycles. The standard InChI is InChI=1S/C29H42O3S/c30-29(31)27-19-21-28(22-20-27)32-23-15-10-8-6-4-2-1-3-5-7-9-11-16-24-33-25-26-17-13-12-14-18-26/h12-14,17-22H,1-11,15-16,23-25H2,(H,30,31). The summed E-state index contributed by atoms with van der Waals surface area (Å²) in [5, 5.41) is 8.89. The van der Waals surface area contributed by atoms with Gasteiger partial charge in [0.05, 0.1) is 12.2 Å². The van der Waals surface area contributed by atoms with E-state index in [1.807, 2.05) is 0 Å². The van der Waals surface area contributed by atoms with Gasteiger partial charge in [0.25, 0.3) is 0 Å². The van der Waals surface area contributed by atoms with Crippen LogP contribution in [0, 0.1) is 0 Å². The molecule has 0 amide bonds. The number of hydrogen-bond acceptors (Lipinski definition) is 3. The van der Waals surface area contributed by atoms with Crippen LogP contribution in [0.4, 0.5) is 0 Å². The summed E-state index contributed by atoms with van der Waals surface area (Å²) in [6, 6.07) is 17.4. The summed E-state index contributed by atoms with van der Waals surface area (Å²) in [4.78, 5) is 10.8. The number of benzene rings is 2. The highest BCUT2D eigenvalue weighted by Gasteiger charge is 2.02. The summed E-state index contributed by atoms with van der Waals surface area (Å²) >= 11 is 2.07. The van der Waals surface area contributed by atoms with Crippen molar-refractivity contribution < 1.29 is 14.6 Å². The van der Waals surface area contributed by atoms with Gasteiger partial charge in [0.15, 0.2) is 0 Å². The third kappa shape index (κ3) is 14.0. The molecule has 0 aliphatic rings. The summed E-state index contributed by atoms with van der Waals surface area (Å²) in [5.74, 6) is 2.29. The quantitative estimate of drug-likeness (QED) is 0.196. The lowest BCUT2D eigenvalue weighted by Gasteiger charge is -2.06. The molecule has 0 spiro atoms. The van der Waals surface area contributed by atoms with Gasteiger partial charge in [-0.3, -0.25) is 0 Å². The van der Waals surface area contributed by atoms with Crippen molar-refractivity contribution in [3.63, 3.8) is 0 Å². The molecule has 0 fully saturated rings. The van der Waals surface area contributed by atoms with Gasteiger partial charge < -0.3 is 9.84 Å². The molecule has 0 aliphatic heterocycles. The maximum absolute atomic E-state index is 10.8. The highest BCUT2D eigenvalue weighted by Crippen LogP contribution is 2.17.